The molecule has 4 heteroatoms. The molecule has 1 aromatic heterocycles. The van der Waals surface area contributed by atoms with E-state index in [0.717, 1.165) is 36.3 Å². The van der Waals surface area contributed by atoms with Crippen molar-refractivity contribution in [2.75, 3.05) is 16.8 Å². The van der Waals surface area contributed by atoms with Crippen molar-refractivity contribution >= 4 is 28.6 Å². The zero-order valence-corrected chi connectivity index (χ0v) is 14.2. The lowest BCUT2D eigenvalue weighted by Gasteiger charge is -2.30. The maximum absolute atomic E-state index is 11.7. The molecule has 0 saturated heterocycles. The van der Waals surface area contributed by atoms with Gasteiger partial charge in [0.05, 0.1) is 0 Å². The van der Waals surface area contributed by atoms with Crippen LogP contribution in [0.3, 0.4) is 0 Å². The standard InChI is InChI=1S/C18H22N2OS/c1-4-17(21)19-18-12(2)9-15(10-13(18)3)20-7-5-16-14(11-20)6-8-22-16/h6,8-10H,4-5,7,11H2,1-3H3,(H,19,21). The van der Waals surface area contributed by atoms with Gasteiger partial charge in [-0.25, -0.2) is 0 Å². The van der Waals surface area contributed by atoms with E-state index in [0.29, 0.717) is 6.42 Å². The van der Waals surface area contributed by atoms with Gasteiger partial charge >= 0.3 is 0 Å². The molecule has 3 rings (SSSR count). The molecule has 0 aliphatic carbocycles. The SMILES string of the molecule is CCC(=O)Nc1c(C)cc(N2CCc3sccc3C2)cc1C. The Hall–Kier alpha value is -1.81. The number of thiophene rings is 1. The fourth-order valence-electron chi connectivity index (χ4n) is 3.02. The molecule has 22 heavy (non-hydrogen) atoms. The molecule has 0 bridgehead atoms. The molecule has 1 aliphatic heterocycles. The van der Waals surface area contributed by atoms with Gasteiger partial charge in [0, 0.05) is 35.8 Å². The maximum atomic E-state index is 11.7. The highest BCUT2D eigenvalue weighted by Crippen LogP contribution is 2.32. The van der Waals surface area contributed by atoms with Gasteiger partial charge in [0.2, 0.25) is 5.91 Å². The molecule has 3 nitrogen and oxygen atoms in total. The van der Waals surface area contributed by atoms with E-state index in [9.17, 15) is 4.79 Å². The van der Waals surface area contributed by atoms with Gasteiger partial charge in [-0.1, -0.05) is 6.92 Å². The maximum Gasteiger partial charge on any atom is 0.224 e. The van der Waals surface area contributed by atoms with Crippen molar-refractivity contribution in [2.24, 2.45) is 0 Å². The fourth-order valence-corrected chi connectivity index (χ4v) is 3.91. The lowest BCUT2D eigenvalue weighted by Crippen LogP contribution is -2.29. The normalized spacial score (nSPS) is 13.9. The number of carbonyl (C=O) groups excluding carboxylic acids is 1. The van der Waals surface area contributed by atoms with Crippen molar-refractivity contribution < 1.29 is 4.79 Å². The largest absolute Gasteiger partial charge is 0.367 e. The van der Waals surface area contributed by atoms with Crippen LogP contribution >= 0.6 is 11.3 Å². The number of hydrogen-bond donors (Lipinski definition) is 1. The third-order valence-electron chi connectivity index (χ3n) is 4.28. The topological polar surface area (TPSA) is 32.3 Å². The number of carbonyl (C=O) groups is 1. The number of hydrogen-bond acceptors (Lipinski definition) is 3. The average Bonchev–Trinajstić information content (AvgIpc) is 2.97. The number of rotatable bonds is 3. The Bertz CT molecular complexity index is 682. The number of anilines is 2. The van der Waals surface area contributed by atoms with E-state index in [4.69, 9.17) is 0 Å². The monoisotopic (exact) mass is 314 g/mol. The summed E-state index contributed by atoms with van der Waals surface area (Å²) in [6.07, 6.45) is 1.63. The number of fused-ring (bicyclic) bond motifs is 1. The van der Waals surface area contributed by atoms with Crippen molar-refractivity contribution in [3.8, 4) is 0 Å². The van der Waals surface area contributed by atoms with Crippen molar-refractivity contribution in [3.05, 3.63) is 45.1 Å². The summed E-state index contributed by atoms with van der Waals surface area (Å²) in [6.45, 7) is 8.06. The molecule has 2 aromatic rings. The lowest BCUT2D eigenvalue weighted by atomic mass is 10.0. The molecule has 0 atom stereocenters. The Morgan fingerprint density at radius 2 is 2.05 bits per heavy atom. The number of nitrogens with one attached hydrogen (secondary N) is 1. The van der Waals surface area contributed by atoms with Crippen LogP contribution in [0, 0.1) is 13.8 Å². The van der Waals surface area contributed by atoms with E-state index in [-0.39, 0.29) is 5.91 Å². The average molecular weight is 314 g/mol. The lowest BCUT2D eigenvalue weighted by molar-refractivity contribution is -0.115. The second-order valence-corrected chi connectivity index (χ2v) is 6.90. The molecule has 1 N–H and O–H groups in total. The van der Waals surface area contributed by atoms with Crippen molar-refractivity contribution in [1.82, 2.24) is 0 Å². The molecule has 1 amide bonds. The third-order valence-corrected chi connectivity index (χ3v) is 5.30. The summed E-state index contributed by atoms with van der Waals surface area (Å²) >= 11 is 1.87. The first-order valence-corrected chi connectivity index (χ1v) is 8.67. The van der Waals surface area contributed by atoms with E-state index in [1.165, 1.54) is 16.1 Å². The molecule has 116 valence electrons. The molecule has 0 spiro atoms. The van der Waals surface area contributed by atoms with Gasteiger partial charge in [-0.15, -0.1) is 11.3 Å². The van der Waals surface area contributed by atoms with E-state index in [1.807, 2.05) is 18.3 Å². The number of benzene rings is 1. The number of aryl methyl sites for hydroxylation is 2. The van der Waals surface area contributed by atoms with Crippen LogP contribution in [-0.4, -0.2) is 12.5 Å². The highest BCUT2D eigenvalue weighted by molar-refractivity contribution is 7.10. The molecule has 0 fully saturated rings. The van der Waals surface area contributed by atoms with E-state index >= 15 is 0 Å². The first kappa shape index (κ1) is 15.1. The number of amides is 1. The summed E-state index contributed by atoms with van der Waals surface area (Å²) in [4.78, 5) is 15.6. The minimum Gasteiger partial charge on any atom is -0.367 e. The van der Waals surface area contributed by atoms with Gasteiger partial charge in [0.1, 0.15) is 0 Å². The van der Waals surface area contributed by atoms with Crippen LogP contribution in [0.2, 0.25) is 0 Å². The predicted molar refractivity (Wildman–Crippen MR) is 93.9 cm³/mol. The molecule has 2 heterocycles. The molecule has 0 unspecified atom stereocenters. The zero-order chi connectivity index (χ0) is 15.7. The van der Waals surface area contributed by atoms with Crippen LogP contribution in [0.25, 0.3) is 0 Å². The van der Waals surface area contributed by atoms with Gasteiger partial charge in [-0.2, -0.15) is 0 Å². The highest BCUT2D eigenvalue weighted by atomic mass is 32.1. The first-order chi connectivity index (χ1) is 10.6. The Labute approximate surface area is 136 Å². The number of nitrogens with zero attached hydrogens (tertiary/aromatic N) is 1. The predicted octanol–water partition coefficient (Wildman–Crippen LogP) is 4.28. The Kier molecular flexibility index (Phi) is 4.21. The fraction of sp³-hybridized carbons (Fsp3) is 0.389. The second-order valence-electron chi connectivity index (χ2n) is 5.90. The highest BCUT2D eigenvalue weighted by Gasteiger charge is 2.19. The second kappa shape index (κ2) is 6.13. The van der Waals surface area contributed by atoms with Gasteiger partial charge < -0.3 is 10.2 Å². The third kappa shape index (κ3) is 2.88. The molecule has 1 aromatic carbocycles. The Morgan fingerprint density at radius 3 is 2.73 bits per heavy atom. The molecule has 0 saturated carbocycles. The first-order valence-electron chi connectivity index (χ1n) is 7.79. The van der Waals surface area contributed by atoms with Crippen LogP contribution in [-0.2, 0) is 17.8 Å². The van der Waals surface area contributed by atoms with E-state index < -0.39 is 0 Å². The van der Waals surface area contributed by atoms with Crippen molar-refractivity contribution in [1.29, 1.82) is 0 Å². The van der Waals surface area contributed by atoms with Crippen LogP contribution in [0.4, 0.5) is 11.4 Å². The quantitative estimate of drug-likeness (QED) is 0.917. The van der Waals surface area contributed by atoms with Gasteiger partial charge in [0.15, 0.2) is 0 Å². The van der Waals surface area contributed by atoms with Crippen LogP contribution in [0.15, 0.2) is 23.6 Å². The van der Waals surface area contributed by atoms with Gasteiger partial charge in [-0.3, -0.25) is 4.79 Å². The smallest absolute Gasteiger partial charge is 0.224 e. The zero-order valence-electron chi connectivity index (χ0n) is 13.4. The van der Waals surface area contributed by atoms with Crippen LogP contribution < -0.4 is 10.2 Å². The summed E-state index contributed by atoms with van der Waals surface area (Å²) in [6, 6.07) is 6.62. The summed E-state index contributed by atoms with van der Waals surface area (Å²) in [5, 5.41) is 5.20. The molecular weight excluding hydrogens is 292 g/mol. The summed E-state index contributed by atoms with van der Waals surface area (Å²) in [5.41, 5.74) is 5.93. The van der Waals surface area contributed by atoms with Crippen molar-refractivity contribution in [2.45, 2.75) is 40.2 Å². The van der Waals surface area contributed by atoms with Gasteiger partial charge in [0.25, 0.3) is 0 Å². The van der Waals surface area contributed by atoms with Crippen LogP contribution in [0.1, 0.15) is 34.9 Å². The summed E-state index contributed by atoms with van der Waals surface area (Å²) in [7, 11) is 0. The molecule has 0 radical (unpaired) electrons. The van der Waals surface area contributed by atoms with E-state index in [2.05, 4.69) is 47.6 Å². The summed E-state index contributed by atoms with van der Waals surface area (Å²) < 4.78 is 0. The molecular formula is C18H22N2OS. The minimum atomic E-state index is 0.0693. The summed E-state index contributed by atoms with van der Waals surface area (Å²) in [5.74, 6) is 0.0693. The van der Waals surface area contributed by atoms with Crippen molar-refractivity contribution in [3.63, 3.8) is 0 Å². The van der Waals surface area contributed by atoms with Gasteiger partial charge in [-0.05, 0) is 60.5 Å². The molecule has 1 aliphatic rings. The van der Waals surface area contributed by atoms with Crippen LogP contribution in [0.5, 0.6) is 0 Å². The Morgan fingerprint density at radius 1 is 1.32 bits per heavy atom. The minimum absolute atomic E-state index is 0.0693. The van der Waals surface area contributed by atoms with E-state index in [1.54, 1.807) is 0 Å². The Balaban J connectivity index is 1.85.